The molecule has 0 aliphatic carbocycles. The second-order valence-electron chi connectivity index (χ2n) is 9.69. The molecule has 1 saturated heterocycles. The van der Waals surface area contributed by atoms with Gasteiger partial charge in [0, 0.05) is 40.0 Å². The second-order valence-corrected chi connectivity index (χ2v) is 11.1. The molecule has 5 nitrogen and oxygen atoms in total. The summed E-state index contributed by atoms with van der Waals surface area (Å²) < 4.78 is 20.0. The molecule has 35 heavy (non-hydrogen) atoms. The molecule has 0 spiro atoms. The quantitative estimate of drug-likeness (QED) is 0.379. The van der Waals surface area contributed by atoms with E-state index in [-0.39, 0.29) is 27.6 Å². The molecule has 1 atom stereocenters. The van der Waals surface area contributed by atoms with Crippen LogP contribution in [0.15, 0.2) is 35.2 Å². The summed E-state index contributed by atoms with van der Waals surface area (Å²) in [5.41, 5.74) is 3.22. The van der Waals surface area contributed by atoms with Crippen LogP contribution in [0.25, 0.3) is 6.08 Å². The van der Waals surface area contributed by atoms with E-state index >= 15 is 0 Å². The number of nitrogens with zero attached hydrogens (tertiary/aromatic N) is 2. The molecule has 0 bridgehead atoms. The first-order valence-corrected chi connectivity index (χ1v) is 12.9. The normalized spacial score (nSPS) is 20.5. The van der Waals surface area contributed by atoms with Crippen LogP contribution in [-0.4, -0.2) is 35.2 Å². The highest BCUT2D eigenvalue weighted by Gasteiger charge is 2.38. The van der Waals surface area contributed by atoms with Gasteiger partial charge in [-0.25, -0.2) is 4.39 Å². The van der Waals surface area contributed by atoms with Crippen molar-refractivity contribution in [1.82, 2.24) is 4.90 Å². The van der Waals surface area contributed by atoms with Crippen molar-refractivity contribution in [3.05, 3.63) is 62.8 Å². The molecular weight excluding hydrogens is 487 g/mol. The third-order valence-electron chi connectivity index (χ3n) is 6.72. The summed E-state index contributed by atoms with van der Waals surface area (Å²) in [5.74, 6) is -0.0607. The zero-order chi connectivity index (χ0) is 25.5. The van der Waals surface area contributed by atoms with Gasteiger partial charge in [-0.15, -0.1) is 0 Å². The fourth-order valence-corrected chi connectivity index (χ4v) is 6.13. The van der Waals surface area contributed by atoms with Gasteiger partial charge in [-0.2, -0.15) is 0 Å². The van der Waals surface area contributed by atoms with E-state index in [2.05, 4.69) is 38.7 Å². The standard InChI is InChI=1S/C27H30ClFN2O3S/c1-6-10-31-22-13-23(34-5)17(11-18(22)16(2)14-27(31,3)4)12-24-25(32)30(26(33)35-24)15-19-20(28)8-7-9-21(19)29/h7-9,11-13,16H,6,10,14-15H2,1-5H3/b24-12+. The lowest BCUT2D eigenvalue weighted by Gasteiger charge is -2.47. The molecule has 0 radical (unpaired) electrons. The van der Waals surface area contributed by atoms with Crippen LogP contribution in [0.1, 0.15) is 63.1 Å². The van der Waals surface area contributed by atoms with E-state index in [9.17, 15) is 14.0 Å². The van der Waals surface area contributed by atoms with Crippen LogP contribution >= 0.6 is 23.4 Å². The van der Waals surface area contributed by atoms with Crippen LogP contribution in [0.3, 0.4) is 0 Å². The molecule has 1 unspecified atom stereocenters. The number of methoxy groups -OCH3 is 1. The van der Waals surface area contributed by atoms with Gasteiger partial charge in [0.25, 0.3) is 11.1 Å². The van der Waals surface area contributed by atoms with Crippen LogP contribution in [-0.2, 0) is 11.3 Å². The number of ether oxygens (including phenoxy) is 1. The summed E-state index contributed by atoms with van der Waals surface area (Å²) in [7, 11) is 1.60. The number of rotatable bonds is 6. The number of hydrogen-bond donors (Lipinski definition) is 0. The van der Waals surface area contributed by atoms with Gasteiger partial charge >= 0.3 is 0 Å². The predicted molar refractivity (Wildman–Crippen MR) is 141 cm³/mol. The molecule has 2 aliphatic rings. The molecule has 8 heteroatoms. The molecule has 2 aromatic carbocycles. The van der Waals surface area contributed by atoms with E-state index in [1.807, 2.05) is 6.07 Å². The van der Waals surface area contributed by atoms with Crippen molar-refractivity contribution in [2.24, 2.45) is 0 Å². The fraction of sp³-hybridized carbons (Fsp3) is 0.407. The van der Waals surface area contributed by atoms with Gasteiger partial charge in [-0.3, -0.25) is 14.5 Å². The molecular formula is C27H30ClFN2O3S. The van der Waals surface area contributed by atoms with E-state index in [0.29, 0.717) is 11.7 Å². The van der Waals surface area contributed by atoms with E-state index in [1.165, 1.54) is 23.8 Å². The zero-order valence-corrected chi connectivity index (χ0v) is 22.2. The number of fused-ring (bicyclic) bond motifs is 1. The Labute approximate surface area is 215 Å². The second kappa shape index (κ2) is 9.86. The van der Waals surface area contributed by atoms with Crippen LogP contribution in [0.5, 0.6) is 5.75 Å². The number of imide groups is 1. The fourth-order valence-electron chi connectivity index (χ4n) is 5.08. The minimum absolute atomic E-state index is 0.0194. The predicted octanol–water partition coefficient (Wildman–Crippen LogP) is 7.23. The van der Waals surface area contributed by atoms with E-state index in [1.54, 1.807) is 13.2 Å². The van der Waals surface area contributed by atoms with Gasteiger partial charge in [-0.1, -0.05) is 31.5 Å². The summed E-state index contributed by atoms with van der Waals surface area (Å²) in [6, 6.07) is 8.40. The Morgan fingerprint density at radius 1 is 1.29 bits per heavy atom. The lowest BCUT2D eigenvalue weighted by molar-refractivity contribution is -0.123. The van der Waals surface area contributed by atoms with Crippen molar-refractivity contribution >= 4 is 46.3 Å². The van der Waals surface area contributed by atoms with Crippen molar-refractivity contribution in [1.29, 1.82) is 0 Å². The highest BCUT2D eigenvalue weighted by molar-refractivity contribution is 8.18. The monoisotopic (exact) mass is 516 g/mol. The Morgan fingerprint density at radius 2 is 2.03 bits per heavy atom. The third kappa shape index (κ3) is 4.81. The first-order valence-electron chi connectivity index (χ1n) is 11.7. The Hall–Kier alpha value is -2.51. The van der Waals surface area contributed by atoms with Crippen molar-refractivity contribution in [2.45, 2.75) is 58.5 Å². The highest BCUT2D eigenvalue weighted by Crippen LogP contribution is 2.46. The van der Waals surface area contributed by atoms with Crippen LogP contribution < -0.4 is 9.64 Å². The van der Waals surface area contributed by atoms with Gasteiger partial charge in [0.15, 0.2) is 0 Å². The SMILES string of the molecule is CCCN1c2cc(OC)c(/C=C3/SC(=O)N(Cc4c(F)cccc4Cl)C3=O)cc2C(C)CC1(C)C. The molecule has 2 amide bonds. The average molecular weight is 517 g/mol. The maximum absolute atomic E-state index is 14.3. The summed E-state index contributed by atoms with van der Waals surface area (Å²) >= 11 is 6.95. The maximum atomic E-state index is 14.3. The Morgan fingerprint density at radius 3 is 2.69 bits per heavy atom. The summed E-state index contributed by atoms with van der Waals surface area (Å²) in [5, 5.41) is -0.278. The Kier molecular flexibility index (Phi) is 7.21. The minimum Gasteiger partial charge on any atom is -0.496 e. The molecule has 2 aliphatic heterocycles. The number of carbonyl (C=O) groups excluding carboxylic acids is 2. The van der Waals surface area contributed by atoms with Gasteiger partial charge in [0.05, 0.1) is 18.6 Å². The first-order chi connectivity index (χ1) is 16.6. The zero-order valence-electron chi connectivity index (χ0n) is 20.7. The number of amides is 2. The maximum Gasteiger partial charge on any atom is 0.293 e. The summed E-state index contributed by atoms with van der Waals surface area (Å²) in [6.07, 6.45) is 3.73. The van der Waals surface area contributed by atoms with Crippen molar-refractivity contribution in [3.8, 4) is 5.75 Å². The van der Waals surface area contributed by atoms with Gasteiger partial charge in [0.1, 0.15) is 11.6 Å². The lowest BCUT2D eigenvalue weighted by atomic mass is 9.79. The van der Waals surface area contributed by atoms with E-state index < -0.39 is 17.0 Å². The third-order valence-corrected chi connectivity index (χ3v) is 7.98. The van der Waals surface area contributed by atoms with Gasteiger partial charge < -0.3 is 9.64 Å². The van der Waals surface area contributed by atoms with Crippen molar-refractivity contribution in [2.75, 3.05) is 18.6 Å². The highest BCUT2D eigenvalue weighted by atomic mass is 35.5. The van der Waals surface area contributed by atoms with Gasteiger partial charge in [0.2, 0.25) is 0 Å². The number of halogens is 2. The van der Waals surface area contributed by atoms with Gasteiger partial charge in [-0.05, 0) is 74.2 Å². The molecule has 186 valence electrons. The Balaban J connectivity index is 1.70. The van der Waals surface area contributed by atoms with Crippen molar-refractivity contribution in [3.63, 3.8) is 0 Å². The average Bonchev–Trinajstić information content (AvgIpc) is 3.05. The van der Waals surface area contributed by atoms with Crippen LogP contribution in [0.2, 0.25) is 5.02 Å². The largest absolute Gasteiger partial charge is 0.496 e. The van der Waals surface area contributed by atoms with Crippen molar-refractivity contribution < 1.29 is 18.7 Å². The molecule has 4 rings (SSSR count). The smallest absolute Gasteiger partial charge is 0.293 e. The van der Waals surface area contributed by atoms with E-state index in [0.717, 1.165) is 47.3 Å². The summed E-state index contributed by atoms with van der Waals surface area (Å²) in [4.78, 5) is 29.5. The number of hydrogen-bond acceptors (Lipinski definition) is 5. The number of benzene rings is 2. The van der Waals surface area contributed by atoms with Crippen LogP contribution in [0.4, 0.5) is 14.9 Å². The number of thioether (sulfide) groups is 1. The number of anilines is 1. The molecule has 1 fully saturated rings. The summed E-state index contributed by atoms with van der Waals surface area (Å²) in [6.45, 7) is 9.64. The van der Waals surface area contributed by atoms with Crippen LogP contribution in [0, 0.1) is 5.82 Å². The molecule has 2 heterocycles. The molecule has 2 aromatic rings. The molecule has 0 N–H and O–H groups in total. The number of carbonyl (C=O) groups is 2. The lowest BCUT2D eigenvalue weighted by Crippen LogP contribution is -2.48. The first kappa shape index (κ1) is 25.6. The minimum atomic E-state index is -0.551. The molecule has 0 aromatic heterocycles. The Bertz CT molecular complexity index is 1190. The van der Waals surface area contributed by atoms with E-state index in [4.69, 9.17) is 16.3 Å². The topological polar surface area (TPSA) is 49.9 Å². The molecule has 0 saturated carbocycles.